The highest BCUT2D eigenvalue weighted by Crippen LogP contribution is 2.21. The Kier molecular flexibility index (Phi) is 6.48. The zero-order valence-corrected chi connectivity index (χ0v) is 9.69. The molecule has 0 amide bonds. The van der Waals surface area contributed by atoms with Crippen LogP contribution in [0.4, 0.5) is 4.39 Å². The molecule has 1 aromatic carbocycles. The summed E-state index contributed by atoms with van der Waals surface area (Å²) >= 11 is 0. The normalized spacial score (nSPS) is 12.0. The van der Waals surface area contributed by atoms with Crippen LogP contribution in [0.1, 0.15) is 30.0 Å². The second-order valence-electron chi connectivity index (χ2n) is 3.49. The van der Waals surface area contributed by atoms with Crippen LogP contribution in [-0.4, -0.2) is 6.54 Å². The van der Waals surface area contributed by atoms with Gasteiger partial charge in [-0.3, -0.25) is 0 Å². The third-order valence-corrected chi connectivity index (χ3v) is 2.43. The van der Waals surface area contributed by atoms with Crippen molar-refractivity contribution in [1.29, 1.82) is 0 Å². The third-order valence-electron chi connectivity index (χ3n) is 2.43. The summed E-state index contributed by atoms with van der Waals surface area (Å²) in [5.41, 5.74) is 12.9. The van der Waals surface area contributed by atoms with Crippen LogP contribution in [0.5, 0.6) is 0 Å². The first-order valence-corrected chi connectivity index (χ1v) is 4.87. The lowest BCUT2D eigenvalue weighted by Crippen LogP contribution is -2.14. The number of hydrogen-bond donors (Lipinski definition) is 2. The predicted octanol–water partition coefficient (Wildman–Crippen LogP) is 2.29. The van der Waals surface area contributed by atoms with E-state index in [9.17, 15) is 4.39 Å². The zero-order chi connectivity index (χ0) is 10.6. The first-order chi connectivity index (χ1) is 6.66. The number of rotatable bonds is 4. The van der Waals surface area contributed by atoms with Crippen molar-refractivity contribution < 1.29 is 4.39 Å². The van der Waals surface area contributed by atoms with E-state index in [1.54, 1.807) is 13.0 Å². The molecule has 0 fully saturated rings. The molecule has 0 aromatic heterocycles. The summed E-state index contributed by atoms with van der Waals surface area (Å²) < 4.78 is 13.2. The minimum Gasteiger partial charge on any atom is -0.330 e. The largest absolute Gasteiger partial charge is 0.330 e. The van der Waals surface area contributed by atoms with Gasteiger partial charge in [0.25, 0.3) is 0 Å². The topological polar surface area (TPSA) is 52.0 Å². The molecule has 0 spiro atoms. The third kappa shape index (κ3) is 3.78. The molecule has 0 aliphatic rings. The minimum absolute atomic E-state index is 0. The first kappa shape index (κ1) is 14.4. The highest BCUT2D eigenvalue weighted by Gasteiger charge is 2.10. The van der Waals surface area contributed by atoms with Gasteiger partial charge in [0, 0.05) is 6.04 Å². The summed E-state index contributed by atoms with van der Waals surface area (Å²) in [6, 6.07) is 4.92. The van der Waals surface area contributed by atoms with Gasteiger partial charge in [0.05, 0.1) is 0 Å². The summed E-state index contributed by atoms with van der Waals surface area (Å²) in [5.74, 6) is -0.189. The van der Waals surface area contributed by atoms with Crippen molar-refractivity contribution in [3.63, 3.8) is 0 Å². The van der Waals surface area contributed by atoms with Crippen LogP contribution < -0.4 is 11.5 Å². The van der Waals surface area contributed by atoms with E-state index in [0.717, 1.165) is 18.4 Å². The molecular formula is C11H18ClFN2. The van der Waals surface area contributed by atoms with Gasteiger partial charge in [0.15, 0.2) is 0 Å². The molecule has 0 bridgehead atoms. The Labute approximate surface area is 96.3 Å². The quantitative estimate of drug-likeness (QED) is 0.837. The van der Waals surface area contributed by atoms with Crippen molar-refractivity contribution >= 4 is 12.4 Å². The molecule has 1 rings (SSSR count). The maximum atomic E-state index is 13.2. The Morgan fingerprint density at radius 2 is 2.07 bits per heavy atom. The van der Waals surface area contributed by atoms with E-state index in [1.165, 1.54) is 6.07 Å². The van der Waals surface area contributed by atoms with Crippen LogP contribution >= 0.6 is 12.4 Å². The van der Waals surface area contributed by atoms with E-state index in [4.69, 9.17) is 11.5 Å². The molecule has 15 heavy (non-hydrogen) atoms. The van der Waals surface area contributed by atoms with E-state index in [2.05, 4.69) is 0 Å². The molecule has 0 unspecified atom stereocenters. The van der Waals surface area contributed by atoms with Crippen molar-refractivity contribution in [2.45, 2.75) is 25.8 Å². The fraction of sp³-hybridized carbons (Fsp3) is 0.455. The monoisotopic (exact) mass is 232 g/mol. The van der Waals surface area contributed by atoms with Gasteiger partial charge in [-0.1, -0.05) is 12.1 Å². The molecule has 0 saturated heterocycles. The summed E-state index contributed by atoms with van der Waals surface area (Å²) in [6.07, 6.45) is 1.68. The van der Waals surface area contributed by atoms with E-state index in [0.29, 0.717) is 12.1 Å². The van der Waals surface area contributed by atoms with E-state index < -0.39 is 0 Å². The van der Waals surface area contributed by atoms with E-state index in [1.807, 2.05) is 6.07 Å². The first-order valence-electron chi connectivity index (χ1n) is 4.87. The molecule has 0 heterocycles. The lowest BCUT2D eigenvalue weighted by Gasteiger charge is -2.14. The average Bonchev–Trinajstić information content (AvgIpc) is 2.18. The fourth-order valence-corrected chi connectivity index (χ4v) is 1.52. The molecule has 0 aliphatic heterocycles. The number of halogens is 2. The minimum atomic E-state index is -0.189. The van der Waals surface area contributed by atoms with Crippen LogP contribution in [0.3, 0.4) is 0 Å². The maximum Gasteiger partial charge on any atom is 0.126 e. The molecule has 86 valence electrons. The van der Waals surface area contributed by atoms with Crippen LogP contribution in [0.25, 0.3) is 0 Å². The number of hydrogen-bond acceptors (Lipinski definition) is 2. The zero-order valence-electron chi connectivity index (χ0n) is 8.87. The summed E-state index contributed by atoms with van der Waals surface area (Å²) in [7, 11) is 0. The van der Waals surface area contributed by atoms with Crippen LogP contribution in [0.2, 0.25) is 0 Å². The SMILES string of the molecule is Cc1c(F)cccc1[C@H](N)CCCN.Cl. The molecule has 1 atom stereocenters. The molecule has 2 nitrogen and oxygen atoms in total. The van der Waals surface area contributed by atoms with Crippen LogP contribution in [0.15, 0.2) is 18.2 Å². The average molecular weight is 233 g/mol. The second-order valence-corrected chi connectivity index (χ2v) is 3.49. The summed E-state index contributed by atoms with van der Waals surface area (Å²) in [4.78, 5) is 0. The summed E-state index contributed by atoms with van der Waals surface area (Å²) in [6.45, 7) is 2.38. The van der Waals surface area contributed by atoms with Crippen molar-refractivity contribution in [2.24, 2.45) is 11.5 Å². The molecule has 4 heteroatoms. The predicted molar refractivity (Wildman–Crippen MR) is 63.6 cm³/mol. The van der Waals surface area contributed by atoms with E-state index in [-0.39, 0.29) is 24.3 Å². The summed E-state index contributed by atoms with van der Waals surface area (Å²) in [5, 5.41) is 0. The Morgan fingerprint density at radius 1 is 1.40 bits per heavy atom. The van der Waals surface area contributed by atoms with Gasteiger partial charge in [-0.15, -0.1) is 12.4 Å². The molecular weight excluding hydrogens is 215 g/mol. The van der Waals surface area contributed by atoms with Gasteiger partial charge in [-0.2, -0.15) is 0 Å². The Bertz CT molecular complexity index is 305. The van der Waals surface area contributed by atoms with Gasteiger partial charge >= 0.3 is 0 Å². The lowest BCUT2D eigenvalue weighted by molar-refractivity contribution is 0.587. The second kappa shape index (κ2) is 6.77. The maximum absolute atomic E-state index is 13.2. The molecule has 1 aromatic rings. The highest BCUT2D eigenvalue weighted by molar-refractivity contribution is 5.85. The van der Waals surface area contributed by atoms with Gasteiger partial charge < -0.3 is 11.5 Å². The molecule has 0 aliphatic carbocycles. The number of benzene rings is 1. The molecule has 4 N–H and O–H groups in total. The van der Waals surface area contributed by atoms with Crippen LogP contribution in [-0.2, 0) is 0 Å². The molecule has 0 radical (unpaired) electrons. The van der Waals surface area contributed by atoms with Gasteiger partial charge in [-0.05, 0) is 43.5 Å². The smallest absolute Gasteiger partial charge is 0.126 e. The number of nitrogens with two attached hydrogens (primary N) is 2. The lowest BCUT2D eigenvalue weighted by atomic mass is 9.98. The van der Waals surface area contributed by atoms with Crippen molar-refractivity contribution in [1.82, 2.24) is 0 Å². The van der Waals surface area contributed by atoms with Gasteiger partial charge in [-0.25, -0.2) is 4.39 Å². The molecule has 0 saturated carbocycles. The van der Waals surface area contributed by atoms with Crippen molar-refractivity contribution in [2.75, 3.05) is 6.54 Å². The Balaban J connectivity index is 0.00000196. The van der Waals surface area contributed by atoms with Crippen LogP contribution in [0, 0.1) is 12.7 Å². The standard InChI is InChI=1S/C11H17FN2.ClH/c1-8-9(4-2-5-10(8)12)11(14)6-3-7-13;/h2,4-5,11H,3,6-7,13-14H2,1H3;1H/t11-;/m1./s1. The fourth-order valence-electron chi connectivity index (χ4n) is 1.52. The van der Waals surface area contributed by atoms with Gasteiger partial charge in [0.1, 0.15) is 5.82 Å². The Morgan fingerprint density at radius 3 is 2.67 bits per heavy atom. The van der Waals surface area contributed by atoms with Crippen molar-refractivity contribution in [3.05, 3.63) is 35.1 Å². The Hall–Kier alpha value is -0.640. The van der Waals surface area contributed by atoms with E-state index >= 15 is 0 Å². The van der Waals surface area contributed by atoms with Gasteiger partial charge in [0.2, 0.25) is 0 Å². The van der Waals surface area contributed by atoms with Crippen molar-refractivity contribution in [3.8, 4) is 0 Å². The highest BCUT2D eigenvalue weighted by atomic mass is 35.5.